The summed E-state index contributed by atoms with van der Waals surface area (Å²) in [7, 11) is 0. The Morgan fingerprint density at radius 3 is 2.67 bits per heavy atom. The van der Waals surface area contributed by atoms with Gasteiger partial charge in [0.05, 0.1) is 6.42 Å². The average molecular weight is 411 g/mol. The van der Waals surface area contributed by atoms with Crippen molar-refractivity contribution >= 4 is 17.8 Å². The van der Waals surface area contributed by atoms with E-state index in [1.54, 1.807) is 11.1 Å². The first-order valence-corrected chi connectivity index (χ1v) is 10.6. The van der Waals surface area contributed by atoms with Crippen LogP contribution in [-0.2, 0) is 11.3 Å². The van der Waals surface area contributed by atoms with E-state index in [0.29, 0.717) is 26.1 Å². The van der Waals surface area contributed by atoms with Gasteiger partial charge in [0.25, 0.3) is 0 Å². The van der Waals surface area contributed by atoms with Gasteiger partial charge in [-0.1, -0.05) is 30.3 Å². The number of rotatable bonds is 9. The van der Waals surface area contributed by atoms with Crippen LogP contribution in [0, 0.1) is 0 Å². The number of hydrogen-bond donors (Lipinski definition) is 3. The van der Waals surface area contributed by atoms with Crippen molar-refractivity contribution in [2.24, 2.45) is 0 Å². The molecule has 0 fully saturated rings. The summed E-state index contributed by atoms with van der Waals surface area (Å²) in [5.74, 6) is 0.0294. The molecule has 0 aliphatic carbocycles. The maximum atomic E-state index is 12.6. The number of benzene rings is 1. The minimum atomic E-state index is -0.801. The summed E-state index contributed by atoms with van der Waals surface area (Å²) in [4.78, 5) is 29.9. The highest BCUT2D eigenvalue weighted by Gasteiger charge is 2.26. The number of nitrogens with zero attached hydrogens (tertiary/aromatic N) is 2. The van der Waals surface area contributed by atoms with Gasteiger partial charge in [-0.25, -0.2) is 9.78 Å². The van der Waals surface area contributed by atoms with Gasteiger partial charge in [-0.2, -0.15) is 0 Å². The lowest BCUT2D eigenvalue weighted by molar-refractivity contribution is -0.137. The zero-order valence-corrected chi connectivity index (χ0v) is 17.2. The zero-order chi connectivity index (χ0) is 21.2. The molecule has 1 aromatic carbocycles. The van der Waals surface area contributed by atoms with Gasteiger partial charge < -0.3 is 20.6 Å². The molecule has 0 saturated carbocycles. The molecule has 1 aromatic heterocycles. The lowest BCUT2D eigenvalue weighted by Crippen LogP contribution is -2.40. The van der Waals surface area contributed by atoms with Crippen LogP contribution in [0.15, 0.2) is 48.7 Å². The number of carbonyl (C=O) groups is 2. The molecule has 3 rings (SSSR count). The summed E-state index contributed by atoms with van der Waals surface area (Å²) in [6, 6.07) is 13.6. The van der Waals surface area contributed by atoms with Gasteiger partial charge in [0.1, 0.15) is 5.82 Å². The van der Waals surface area contributed by atoms with Crippen LogP contribution in [0.4, 0.5) is 10.6 Å². The van der Waals surface area contributed by atoms with Gasteiger partial charge in [-0.15, -0.1) is 0 Å². The number of carboxylic acid groups (broad SMARTS) is 1. The quantitative estimate of drug-likeness (QED) is 0.546. The number of nitrogens with one attached hydrogen (secondary N) is 2. The van der Waals surface area contributed by atoms with Gasteiger partial charge in [0.15, 0.2) is 0 Å². The maximum absolute atomic E-state index is 12.6. The minimum absolute atomic E-state index is 0.0527. The zero-order valence-electron chi connectivity index (χ0n) is 17.2. The molecule has 1 aliphatic heterocycles. The van der Waals surface area contributed by atoms with Crippen LogP contribution in [-0.4, -0.2) is 46.6 Å². The first-order valence-electron chi connectivity index (χ1n) is 10.6. The van der Waals surface area contributed by atoms with E-state index >= 15 is 0 Å². The molecule has 3 N–H and O–H groups in total. The third-order valence-corrected chi connectivity index (χ3v) is 5.41. The lowest BCUT2D eigenvalue weighted by atomic mass is 9.90. The van der Waals surface area contributed by atoms with E-state index in [1.807, 2.05) is 42.5 Å². The normalized spacial score (nSPS) is 15.7. The molecule has 1 aliphatic rings. The first kappa shape index (κ1) is 21.6. The van der Waals surface area contributed by atoms with E-state index in [-0.39, 0.29) is 18.4 Å². The predicted octanol–water partition coefficient (Wildman–Crippen LogP) is 3.84. The molecular formula is C23H30N4O3. The van der Waals surface area contributed by atoms with Crippen LogP contribution in [0.1, 0.15) is 49.1 Å². The molecule has 1 atom stereocenters. The van der Waals surface area contributed by atoms with Crippen molar-refractivity contribution in [2.45, 2.75) is 44.6 Å². The summed E-state index contributed by atoms with van der Waals surface area (Å²) in [6.45, 7) is 2.58. The van der Waals surface area contributed by atoms with Crippen molar-refractivity contribution in [3.63, 3.8) is 0 Å². The van der Waals surface area contributed by atoms with Crippen molar-refractivity contribution in [1.29, 1.82) is 0 Å². The second-order valence-electron chi connectivity index (χ2n) is 7.64. The second kappa shape index (κ2) is 11.2. The second-order valence-corrected chi connectivity index (χ2v) is 7.64. The van der Waals surface area contributed by atoms with Crippen molar-refractivity contribution in [3.05, 3.63) is 59.8 Å². The van der Waals surface area contributed by atoms with Crippen LogP contribution >= 0.6 is 0 Å². The smallest absolute Gasteiger partial charge is 0.317 e. The van der Waals surface area contributed by atoms with E-state index < -0.39 is 5.97 Å². The van der Waals surface area contributed by atoms with E-state index in [9.17, 15) is 14.7 Å². The number of pyridine rings is 1. The highest BCUT2D eigenvalue weighted by Crippen LogP contribution is 2.31. The molecule has 0 spiro atoms. The van der Waals surface area contributed by atoms with Crippen molar-refractivity contribution < 1.29 is 14.7 Å². The van der Waals surface area contributed by atoms with Crippen molar-refractivity contribution in [2.75, 3.05) is 25.0 Å². The molecule has 0 bridgehead atoms. The molecule has 0 radical (unpaired) electrons. The Hall–Kier alpha value is -3.09. The summed E-state index contributed by atoms with van der Waals surface area (Å²) < 4.78 is 0. The van der Waals surface area contributed by atoms with Crippen LogP contribution in [0.2, 0.25) is 0 Å². The summed E-state index contributed by atoms with van der Waals surface area (Å²) in [6.07, 6.45) is 5.48. The molecule has 0 saturated heterocycles. The monoisotopic (exact) mass is 410 g/mol. The Labute approximate surface area is 177 Å². The number of fused-ring (bicyclic) bond motifs is 1. The average Bonchev–Trinajstić information content (AvgIpc) is 2.93. The largest absolute Gasteiger partial charge is 0.481 e. The Bertz CT molecular complexity index is 828. The summed E-state index contributed by atoms with van der Waals surface area (Å²) in [5.41, 5.74) is 2.09. The standard InChI is InChI=1S/C23H30N4O3/c28-22(29)16-18-11-15-27(17-19-8-2-3-9-20(18)19)23(30)26-14-6-1-5-12-24-21-10-4-7-13-25-21/h2-4,7-10,13,18H,1,5-6,11-12,14-17H2,(H,24,25)(H,26,30)(H,28,29). The highest BCUT2D eigenvalue weighted by molar-refractivity contribution is 5.74. The van der Waals surface area contributed by atoms with E-state index in [1.165, 1.54) is 0 Å². The molecular weight excluding hydrogens is 380 g/mol. The third-order valence-electron chi connectivity index (χ3n) is 5.41. The van der Waals surface area contributed by atoms with Crippen molar-refractivity contribution in [3.8, 4) is 0 Å². The fraction of sp³-hybridized carbons (Fsp3) is 0.435. The van der Waals surface area contributed by atoms with Crippen LogP contribution in [0.5, 0.6) is 0 Å². The molecule has 2 heterocycles. The number of carbonyl (C=O) groups excluding carboxylic acids is 1. The van der Waals surface area contributed by atoms with E-state index in [2.05, 4.69) is 15.6 Å². The van der Waals surface area contributed by atoms with Crippen molar-refractivity contribution in [1.82, 2.24) is 15.2 Å². The molecule has 2 amide bonds. The van der Waals surface area contributed by atoms with Gasteiger partial charge in [-0.05, 0) is 54.9 Å². The fourth-order valence-corrected chi connectivity index (χ4v) is 3.84. The predicted molar refractivity (Wildman–Crippen MR) is 116 cm³/mol. The Balaban J connectivity index is 1.40. The number of aromatic nitrogens is 1. The van der Waals surface area contributed by atoms with Gasteiger partial charge >= 0.3 is 12.0 Å². The molecule has 7 nitrogen and oxygen atoms in total. The van der Waals surface area contributed by atoms with E-state index in [0.717, 1.165) is 42.8 Å². The number of aliphatic carboxylic acids is 1. The summed E-state index contributed by atoms with van der Waals surface area (Å²) >= 11 is 0. The SMILES string of the molecule is O=C(O)CC1CCN(C(=O)NCCCCCNc2ccccn2)Cc2ccccc21. The molecule has 1 unspecified atom stereocenters. The summed E-state index contributed by atoms with van der Waals surface area (Å²) in [5, 5.41) is 15.5. The molecule has 7 heteroatoms. The number of urea groups is 1. The molecule has 30 heavy (non-hydrogen) atoms. The highest BCUT2D eigenvalue weighted by atomic mass is 16.4. The van der Waals surface area contributed by atoms with Crippen LogP contribution < -0.4 is 10.6 Å². The molecule has 2 aromatic rings. The number of hydrogen-bond acceptors (Lipinski definition) is 4. The van der Waals surface area contributed by atoms with Gasteiger partial charge in [0.2, 0.25) is 0 Å². The number of amides is 2. The third kappa shape index (κ3) is 6.47. The maximum Gasteiger partial charge on any atom is 0.317 e. The number of carboxylic acids is 1. The minimum Gasteiger partial charge on any atom is -0.481 e. The molecule has 160 valence electrons. The first-order chi connectivity index (χ1) is 14.6. The fourth-order valence-electron chi connectivity index (χ4n) is 3.84. The number of anilines is 1. The Kier molecular flexibility index (Phi) is 8.06. The Morgan fingerprint density at radius 2 is 1.87 bits per heavy atom. The Morgan fingerprint density at radius 1 is 1.07 bits per heavy atom. The topological polar surface area (TPSA) is 94.6 Å². The lowest BCUT2D eigenvalue weighted by Gasteiger charge is -2.21. The van der Waals surface area contributed by atoms with Gasteiger partial charge in [0, 0.05) is 32.4 Å². The van der Waals surface area contributed by atoms with E-state index in [4.69, 9.17) is 0 Å². The van der Waals surface area contributed by atoms with Crippen LogP contribution in [0.3, 0.4) is 0 Å². The van der Waals surface area contributed by atoms with Gasteiger partial charge in [-0.3, -0.25) is 4.79 Å². The number of unbranched alkanes of at least 4 members (excludes halogenated alkanes) is 2. The van der Waals surface area contributed by atoms with Crippen LogP contribution in [0.25, 0.3) is 0 Å².